The van der Waals surface area contributed by atoms with E-state index in [-0.39, 0.29) is 24.7 Å². The number of para-hydroxylation sites is 2. The highest BCUT2D eigenvalue weighted by atomic mass is 16.4. The van der Waals surface area contributed by atoms with Gasteiger partial charge < -0.3 is 19.7 Å². The number of hydrogen-bond acceptors (Lipinski definition) is 6. The molecule has 1 aromatic carbocycles. The van der Waals surface area contributed by atoms with Crippen molar-refractivity contribution >= 4 is 23.0 Å². The number of carbonyl (C=O) groups is 2. The summed E-state index contributed by atoms with van der Waals surface area (Å²) in [6.07, 6.45) is 15.0. The summed E-state index contributed by atoms with van der Waals surface area (Å²) in [5.41, 5.74) is 2.32. The number of aliphatic carboxylic acids is 2. The lowest BCUT2D eigenvalue weighted by atomic mass is 9.89. The maximum atomic E-state index is 14.0. The van der Waals surface area contributed by atoms with E-state index in [0.29, 0.717) is 43.2 Å². The van der Waals surface area contributed by atoms with Crippen LogP contribution in [-0.4, -0.2) is 79.3 Å². The maximum absolute atomic E-state index is 14.0. The van der Waals surface area contributed by atoms with E-state index in [2.05, 4.69) is 9.47 Å². The summed E-state index contributed by atoms with van der Waals surface area (Å²) in [7, 11) is 0. The minimum absolute atomic E-state index is 0.000695. The molecule has 1 unspecified atom stereocenters. The standard InChI is InChI=1S/C32H44N4O5/c37-30-28(12-8-16-34-19-25(31(38)39)26(20-34)32(40)41)33-27-11-6-7-13-29(27)36(30)24-17-22-14-15-23(18-24)35(22)21-9-4-2-1-3-5-10-21/h6-7,11,13,21-26H,1-5,8-10,12,14-20H2,(H,38,39)(H,40,41)/t22-,23+,24?,25-,26-/m1/s1. The second-order valence-corrected chi connectivity index (χ2v) is 12.9. The van der Waals surface area contributed by atoms with Gasteiger partial charge in [0, 0.05) is 37.3 Å². The average Bonchev–Trinajstić information content (AvgIpc) is 3.47. The van der Waals surface area contributed by atoms with Gasteiger partial charge in [-0.25, -0.2) is 4.98 Å². The summed E-state index contributed by atoms with van der Waals surface area (Å²) in [5, 5.41) is 18.9. The Morgan fingerprint density at radius 2 is 1.41 bits per heavy atom. The molecule has 0 spiro atoms. The van der Waals surface area contributed by atoms with Gasteiger partial charge in [-0.3, -0.25) is 19.3 Å². The van der Waals surface area contributed by atoms with E-state index in [1.807, 2.05) is 29.2 Å². The van der Waals surface area contributed by atoms with Crippen LogP contribution < -0.4 is 5.56 Å². The molecule has 3 aliphatic heterocycles. The van der Waals surface area contributed by atoms with Crippen LogP contribution in [-0.2, 0) is 16.0 Å². The predicted molar refractivity (Wildman–Crippen MR) is 156 cm³/mol. The fraction of sp³-hybridized carbons (Fsp3) is 0.688. The largest absolute Gasteiger partial charge is 0.481 e. The third-order valence-electron chi connectivity index (χ3n) is 10.4. The van der Waals surface area contributed by atoms with Gasteiger partial charge in [-0.1, -0.05) is 44.2 Å². The number of carboxylic acids is 2. The fourth-order valence-corrected chi connectivity index (χ4v) is 8.49. The van der Waals surface area contributed by atoms with Crippen LogP contribution in [0.15, 0.2) is 29.1 Å². The van der Waals surface area contributed by atoms with Crippen molar-refractivity contribution in [1.82, 2.24) is 19.4 Å². The van der Waals surface area contributed by atoms with Crippen LogP contribution in [0.2, 0.25) is 0 Å². The van der Waals surface area contributed by atoms with E-state index in [1.165, 1.54) is 57.8 Å². The number of aryl methyl sites for hydroxylation is 1. The van der Waals surface area contributed by atoms with Crippen LogP contribution in [0.3, 0.4) is 0 Å². The number of hydrogen-bond donors (Lipinski definition) is 2. The van der Waals surface area contributed by atoms with Gasteiger partial charge in [-0.15, -0.1) is 0 Å². The maximum Gasteiger partial charge on any atom is 0.308 e. The van der Waals surface area contributed by atoms with Crippen LogP contribution >= 0.6 is 0 Å². The second kappa shape index (κ2) is 12.2. The van der Waals surface area contributed by atoms with Crippen molar-refractivity contribution < 1.29 is 19.8 Å². The normalized spacial score (nSPS) is 29.9. The Hall–Kier alpha value is -2.78. The Bertz CT molecular complexity index is 1280. The van der Waals surface area contributed by atoms with E-state index in [4.69, 9.17) is 4.98 Å². The molecule has 3 saturated heterocycles. The van der Waals surface area contributed by atoms with Crippen molar-refractivity contribution in [3.05, 3.63) is 40.3 Å². The number of rotatable bonds is 8. The van der Waals surface area contributed by atoms with Gasteiger partial charge in [0.15, 0.2) is 0 Å². The van der Waals surface area contributed by atoms with Gasteiger partial charge in [0.1, 0.15) is 5.69 Å². The molecule has 0 amide bonds. The summed E-state index contributed by atoms with van der Waals surface area (Å²) in [4.78, 5) is 46.7. The topological polar surface area (TPSA) is 116 Å². The third-order valence-corrected chi connectivity index (χ3v) is 10.4. The van der Waals surface area contributed by atoms with Crippen molar-refractivity contribution in [3.8, 4) is 0 Å². The summed E-state index contributed by atoms with van der Waals surface area (Å²) in [5.74, 6) is -3.92. The van der Waals surface area contributed by atoms with Crippen LogP contribution in [0.25, 0.3) is 11.0 Å². The molecule has 5 atom stereocenters. The molecule has 2 bridgehead atoms. The van der Waals surface area contributed by atoms with Gasteiger partial charge in [-0.2, -0.15) is 0 Å². The first-order chi connectivity index (χ1) is 19.9. The fourth-order valence-electron chi connectivity index (χ4n) is 8.49. The van der Waals surface area contributed by atoms with Crippen molar-refractivity contribution in [2.24, 2.45) is 11.8 Å². The van der Waals surface area contributed by atoms with Gasteiger partial charge in [0.05, 0.1) is 22.9 Å². The molecule has 1 saturated carbocycles. The SMILES string of the molecule is O=C(O)[C@@H]1CN(CCCc2nc3ccccc3n(C3C[C@H]4CC[C@@H](C3)N4C3CCCCCCC3)c2=O)C[C@H]1C(=O)O. The van der Waals surface area contributed by atoms with Crippen LogP contribution in [0, 0.1) is 11.8 Å². The molecule has 9 nitrogen and oxygen atoms in total. The molecular weight excluding hydrogens is 520 g/mol. The first-order valence-electron chi connectivity index (χ1n) is 15.9. The minimum Gasteiger partial charge on any atom is -0.481 e. The van der Waals surface area contributed by atoms with Crippen LogP contribution in [0.5, 0.6) is 0 Å². The van der Waals surface area contributed by atoms with Crippen molar-refractivity contribution in [2.45, 2.75) is 108 Å². The Balaban J connectivity index is 1.18. The molecule has 1 aromatic heterocycles. The van der Waals surface area contributed by atoms with E-state index in [0.717, 1.165) is 23.9 Å². The van der Waals surface area contributed by atoms with Gasteiger partial charge in [-0.05, 0) is 70.0 Å². The molecule has 41 heavy (non-hydrogen) atoms. The van der Waals surface area contributed by atoms with Crippen molar-refractivity contribution in [3.63, 3.8) is 0 Å². The predicted octanol–water partition coefficient (Wildman–Crippen LogP) is 4.33. The first kappa shape index (κ1) is 28.3. The molecule has 2 N–H and O–H groups in total. The highest BCUT2D eigenvalue weighted by molar-refractivity contribution is 5.81. The molecule has 222 valence electrons. The van der Waals surface area contributed by atoms with E-state index < -0.39 is 23.8 Å². The number of likely N-dealkylation sites (tertiary alicyclic amines) is 1. The van der Waals surface area contributed by atoms with Crippen LogP contribution in [0.1, 0.15) is 88.8 Å². The Morgan fingerprint density at radius 3 is 2.05 bits per heavy atom. The summed E-state index contributed by atoms with van der Waals surface area (Å²) in [6, 6.07) is 9.93. The number of aromatic nitrogens is 2. The minimum atomic E-state index is -1.06. The summed E-state index contributed by atoms with van der Waals surface area (Å²) in [6.45, 7) is 0.999. The number of nitrogens with zero attached hydrogens (tertiary/aromatic N) is 4. The summed E-state index contributed by atoms with van der Waals surface area (Å²) >= 11 is 0. The van der Waals surface area contributed by atoms with Gasteiger partial charge in [0.25, 0.3) is 5.56 Å². The van der Waals surface area contributed by atoms with Crippen molar-refractivity contribution in [2.75, 3.05) is 19.6 Å². The smallest absolute Gasteiger partial charge is 0.308 e. The molecular formula is C32H44N4O5. The quantitative estimate of drug-likeness (QED) is 0.487. The molecule has 2 aromatic rings. The zero-order valence-electron chi connectivity index (χ0n) is 24.0. The molecule has 4 aliphatic rings. The van der Waals surface area contributed by atoms with Gasteiger partial charge >= 0.3 is 11.9 Å². The average molecular weight is 565 g/mol. The highest BCUT2D eigenvalue weighted by Gasteiger charge is 2.45. The Kier molecular flexibility index (Phi) is 8.45. The van der Waals surface area contributed by atoms with E-state index >= 15 is 0 Å². The molecule has 9 heteroatoms. The van der Waals surface area contributed by atoms with Crippen molar-refractivity contribution in [1.29, 1.82) is 0 Å². The highest BCUT2D eigenvalue weighted by Crippen LogP contribution is 2.44. The van der Waals surface area contributed by atoms with Crippen LogP contribution in [0.4, 0.5) is 0 Å². The molecule has 4 fully saturated rings. The van der Waals surface area contributed by atoms with E-state index in [1.54, 1.807) is 0 Å². The van der Waals surface area contributed by atoms with Gasteiger partial charge in [0.2, 0.25) is 0 Å². The monoisotopic (exact) mass is 564 g/mol. The number of carboxylic acid groups (broad SMARTS) is 2. The lowest BCUT2D eigenvalue weighted by Gasteiger charge is -2.45. The Labute approximate surface area is 241 Å². The molecule has 6 rings (SSSR count). The number of fused-ring (bicyclic) bond motifs is 3. The Morgan fingerprint density at radius 1 is 0.805 bits per heavy atom. The zero-order chi connectivity index (χ0) is 28.5. The lowest BCUT2D eigenvalue weighted by Crippen LogP contribution is -2.50. The number of piperidine rings is 1. The lowest BCUT2D eigenvalue weighted by molar-refractivity contribution is -0.151. The first-order valence-corrected chi connectivity index (χ1v) is 15.9. The number of benzene rings is 1. The molecule has 1 aliphatic carbocycles. The third kappa shape index (κ3) is 5.80. The molecule has 0 radical (unpaired) electrons. The molecule has 4 heterocycles. The second-order valence-electron chi connectivity index (χ2n) is 12.9. The zero-order valence-corrected chi connectivity index (χ0v) is 24.0. The summed E-state index contributed by atoms with van der Waals surface area (Å²) < 4.78 is 2.05. The van der Waals surface area contributed by atoms with E-state index in [9.17, 15) is 24.6 Å².